The van der Waals surface area contributed by atoms with E-state index in [1.54, 1.807) is 0 Å². The summed E-state index contributed by atoms with van der Waals surface area (Å²) >= 11 is 0. The summed E-state index contributed by atoms with van der Waals surface area (Å²) in [7, 11) is 0. The molecule has 2 N–H and O–H groups in total. The molecule has 22 heavy (non-hydrogen) atoms. The number of aryl methyl sites for hydroxylation is 1. The molecule has 2 aromatic heterocycles. The van der Waals surface area contributed by atoms with Crippen molar-refractivity contribution in [3.63, 3.8) is 0 Å². The Morgan fingerprint density at radius 1 is 1.05 bits per heavy atom. The first kappa shape index (κ1) is 12.8. The van der Waals surface area contributed by atoms with E-state index in [0.29, 0.717) is 5.82 Å². The Kier molecular flexibility index (Phi) is 2.79. The minimum Gasteiger partial charge on any atom is -0.383 e. The molecule has 0 fully saturated rings. The maximum atomic E-state index is 6.07. The number of nitrogens with zero attached hydrogens (tertiary/aromatic N) is 4. The van der Waals surface area contributed by atoms with Crippen molar-refractivity contribution in [1.29, 1.82) is 0 Å². The van der Waals surface area contributed by atoms with E-state index in [-0.39, 0.29) is 0 Å². The van der Waals surface area contributed by atoms with Crippen LogP contribution in [0.5, 0.6) is 0 Å². The number of nitrogens with two attached hydrogens (primary N) is 1. The topological polar surface area (TPSA) is 69.6 Å². The summed E-state index contributed by atoms with van der Waals surface area (Å²) in [5.74, 6) is 0.466. The Hall–Kier alpha value is -2.95. The van der Waals surface area contributed by atoms with Gasteiger partial charge in [0, 0.05) is 12.1 Å². The standard InChI is InChI=1S/C17H15N5/c1-2-22-17-14(16(18)19-10-20-17)15(21-22)13-8-7-11-5-3-4-6-12(11)9-13/h3-10H,2H2,1H3,(H2,18,19,20). The zero-order chi connectivity index (χ0) is 15.1. The Bertz CT molecular complexity index is 987. The first-order chi connectivity index (χ1) is 10.8. The molecule has 0 spiro atoms. The third kappa shape index (κ3) is 1.83. The van der Waals surface area contributed by atoms with Gasteiger partial charge in [-0.2, -0.15) is 5.10 Å². The molecule has 0 atom stereocenters. The summed E-state index contributed by atoms with van der Waals surface area (Å²) < 4.78 is 1.86. The second-order valence-electron chi connectivity index (χ2n) is 5.18. The number of hydrogen-bond acceptors (Lipinski definition) is 4. The fraction of sp³-hybridized carbons (Fsp3) is 0.118. The summed E-state index contributed by atoms with van der Waals surface area (Å²) in [5, 5.41) is 7.88. The van der Waals surface area contributed by atoms with Crippen LogP contribution in [0, 0.1) is 0 Å². The van der Waals surface area contributed by atoms with E-state index in [1.807, 2.05) is 23.7 Å². The lowest BCUT2D eigenvalue weighted by atomic mass is 10.0. The lowest BCUT2D eigenvalue weighted by Crippen LogP contribution is -1.98. The molecule has 0 saturated carbocycles. The van der Waals surface area contributed by atoms with Gasteiger partial charge in [0.25, 0.3) is 0 Å². The maximum Gasteiger partial charge on any atom is 0.163 e. The van der Waals surface area contributed by atoms with Gasteiger partial charge in [-0.3, -0.25) is 0 Å². The highest BCUT2D eigenvalue weighted by atomic mass is 15.3. The molecule has 4 aromatic rings. The molecule has 0 aliphatic rings. The zero-order valence-electron chi connectivity index (χ0n) is 12.2. The molecule has 4 rings (SSSR count). The molecule has 0 aliphatic carbocycles. The Morgan fingerprint density at radius 2 is 1.86 bits per heavy atom. The van der Waals surface area contributed by atoms with Gasteiger partial charge >= 0.3 is 0 Å². The van der Waals surface area contributed by atoms with Gasteiger partial charge < -0.3 is 5.73 Å². The first-order valence-electron chi connectivity index (χ1n) is 7.24. The van der Waals surface area contributed by atoms with Crippen LogP contribution in [0.3, 0.4) is 0 Å². The van der Waals surface area contributed by atoms with E-state index < -0.39 is 0 Å². The second kappa shape index (κ2) is 4.80. The molecule has 2 heterocycles. The number of rotatable bonds is 2. The van der Waals surface area contributed by atoms with E-state index >= 15 is 0 Å². The maximum absolute atomic E-state index is 6.07. The number of aromatic nitrogens is 4. The van der Waals surface area contributed by atoms with Gasteiger partial charge in [-0.1, -0.05) is 36.4 Å². The van der Waals surface area contributed by atoms with Crippen molar-refractivity contribution in [2.45, 2.75) is 13.5 Å². The normalized spacial score (nSPS) is 11.3. The van der Waals surface area contributed by atoms with Crippen molar-refractivity contribution in [1.82, 2.24) is 19.7 Å². The third-order valence-corrected chi connectivity index (χ3v) is 3.88. The molecule has 0 unspecified atom stereocenters. The Morgan fingerprint density at radius 3 is 2.68 bits per heavy atom. The number of benzene rings is 2. The lowest BCUT2D eigenvalue weighted by Gasteiger charge is -2.02. The Labute approximate surface area is 127 Å². The Balaban J connectivity index is 2.03. The largest absolute Gasteiger partial charge is 0.383 e. The van der Waals surface area contributed by atoms with E-state index in [1.165, 1.54) is 17.1 Å². The third-order valence-electron chi connectivity index (χ3n) is 3.88. The highest BCUT2D eigenvalue weighted by Crippen LogP contribution is 2.31. The van der Waals surface area contributed by atoms with E-state index in [0.717, 1.165) is 28.8 Å². The number of nitrogen functional groups attached to an aromatic ring is 1. The van der Waals surface area contributed by atoms with Crippen molar-refractivity contribution in [3.05, 3.63) is 48.8 Å². The molecule has 108 valence electrons. The van der Waals surface area contributed by atoms with Crippen LogP contribution in [0.2, 0.25) is 0 Å². The van der Waals surface area contributed by atoms with Crippen LogP contribution in [-0.2, 0) is 6.54 Å². The summed E-state index contributed by atoms with van der Waals surface area (Å²) in [6, 6.07) is 14.6. The predicted molar refractivity (Wildman–Crippen MR) is 88.4 cm³/mol. The quantitative estimate of drug-likeness (QED) is 0.615. The molecule has 0 bridgehead atoms. The number of anilines is 1. The number of fused-ring (bicyclic) bond motifs is 2. The van der Waals surface area contributed by atoms with Crippen molar-refractivity contribution >= 4 is 27.6 Å². The summed E-state index contributed by atoms with van der Waals surface area (Å²) in [6.45, 7) is 2.77. The molecule has 5 nitrogen and oxygen atoms in total. The van der Waals surface area contributed by atoms with Gasteiger partial charge in [0.1, 0.15) is 17.8 Å². The van der Waals surface area contributed by atoms with Gasteiger partial charge in [-0.05, 0) is 23.8 Å². The SMILES string of the molecule is CCn1nc(-c2ccc3ccccc3c2)c2c(N)ncnc21. The molecular weight excluding hydrogens is 274 g/mol. The molecule has 0 saturated heterocycles. The van der Waals surface area contributed by atoms with Gasteiger partial charge in [0.2, 0.25) is 0 Å². The fourth-order valence-corrected chi connectivity index (χ4v) is 2.79. The highest BCUT2D eigenvalue weighted by molar-refractivity contribution is 6.00. The second-order valence-corrected chi connectivity index (χ2v) is 5.18. The van der Waals surface area contributed by atoms with Gasteiger partial charge in [-0.25, -0.2) is 14.6 Å². The van der Waals surface area contributed by atoms with E-state index in [9.17, 15) is 0 Å². The van der Waals surface area contributed by atoms with Crippen molar-refractivity contribution in [2.75, 3.05) is 5.73 Å². The molecular formula is C17H15N5. The molecule has 0 aliphatic heterocycles. The minimum absolute atomic E-state index is 0.466. The first-order valence-corrected chi connectivity index (χ1v) is 7.24. The predicted octanol–water partition coefficient (Wildman–Crippen LogP) is 3.25. The van der Waals surface area contributed by atoms with Crippen LogP contribution in [-0.4, -0.2) is 19.7 Å². The van der Waals surface area contributed by atoms with Crippen LogP contribution < -0.4 is 5.73 Å². The van der Waals surface area contributed by atoms with Crippen LogP contribution in [0.15, 0.2) is 48.8 Å². The summed E-state index contributed by atoms with van der Waals surface area (Å²) in [6.07, 6.45) is 1.48. The minimum atomic E-state index is 0.466. The highest BCUT2D eigenvalue weighted by Gasteiger charge is 2.16. The smallest absolute Gasteiger partial charge is 0.163 e. The van der Waals surface area contributed by atoms with Gasteiger partial charge in [0.05, 0.1) is 5.39 Å². The molecule has 5 heteroatoms. The average molecular weight is 289 g/mol. The van der Waals surface area contributed by atoms with Crippen LogP contribution in [0.25, 0.3) is 33.1 Å². The molecule has 2 aromatic carbocycles. The molecule has 0 amide bonds. The van der Waals surface area contributed by atoms with Crippen LogP contribution in [0.1, 0.15) is 6.92 Å². The molecule has 0 radical (unpaired) electrons. The monoisotopic (exact) mass is 289 g/mol. The van der Waals surface area contributed by atoms with Crippen molar-refractivity contribution < 1.29 is 0 Å². The fourth-order valence-electron chi connectivity index (χ4n) is 2.79. The van der Waals surface area contributed by atoms with Gasteiger partial charge in [0.15, 0.2) is 5.65 Å². The summed E-state index contributed by atoms with van der Waals surface area (Å²) in [5.41, 5.74) is 8.71. The van der Waals surface area contributed by atoms with Crippen LogP contribution >= 0.6 is 0 Å². The zero-order valence-corrected chi connectivity index (χ0v) is 12.2. The lowest BCUT2D eigenvalue weighted by molar-refractivity contribution is 0.679. The van der Waals surface area contributed by atoms with E-state index in [4.69, 9.17) is 5.73 Å². The van der Waals surface area contributed by atoms with Crippen molar-refractivity contribution in [2.24, 2.45) is 0 Å². The average Bonchev–Trinajstić information content (AvgIpc) is 2.94. The van der Waals surface area contributed by atoms with Crippen molar-refractivity contribution in [3.8, 4) is 11.3 Å². The van der Waals surface area contributed by atoms with Crippen LogP contribution in [0.4, 0.5) is 5.82 Å². The van der Waals surface area contributed by atoms with E-state index in [2.05, 4.69) is 45.4 Å². The summed E-state index contributed by atoms with van der Waals surface area (Å²) in [4.78, 5) is 8.45. The van der Waals surface area contributed by atoms with Gasteiger partial charge in [-0.15, -0.1) is 0 Å². The number of hydrogen-bond donors (Lipinski definition) is 1.